The average Bonchev–Trinajstić information content (AvgIpc) is 3.14. The molecule has 164 valence electrons. The van der Waals surface area contributed by atoms with E-state index in [0.717, 1.165) is 11.3 Å². The third-order valence-corrected chi connectivity index (χ3v) is 9.22. The van der Waals surface area contributed by atoms with E-state index in [2.05, 4.69) is 5.32 Å². The van der Waals surface area contributed by atoms with Crippen molar-refractivity contribution in [3.63, 3.8) is 0 Å². The number of hydrogen-bond acceptors (Lipinski definition) is 6. The lowest BCUT2D eigenvalue weighted by Gasteiger charge is -2.37. The van der Waals surface area contributed by atoms with Crippen LogP contribution in [0.1, 0.15) is 53.4 Å². The quantitative estimate of drug-likeness (QED) is 0.556. The van der Waals surface area contributed by atoms with Gasteiger partial charge in [-0.3, -0.25) is 14.4 Å². The number of hydrogen-bond donors (Lipinski definition) is 2. The Bertz CT molecular complexity index is 809. The summed E-state index contributed by atoms with van der Waals surface area (Å²) in [4.78, 5) is 41.1. The summed E-state index contributed by atoms with van der Waals surface area (Å²) in [5.74, 6) is -1.14. The zero-order valence-corrected chi connectivity index (χ0v) is 18.2. The predicted octanol–water partition coefficient (Wildman–Crippen LogP) is -0.365. The molecule has 4 unspecified atom stereocenters. The molecule has 3 aliphatic rings. The molecule has 3 amide bonds. The van der Waals surface area contributed by atoms with E-state index in [1.54, 1.807) is 4.90 Å². The largest absolute Gasteiger partial charge is 0.394 e. The fraction of sp³-hybridized carbons (Fsp3) is 0.842. The van der Waals surface area contributed by atoms with Crippen molar-refractivity contribution in [3.05, 3.63) is 0 Å². The molecule has 0 aromatic carbocycles. The number of aliphatic hydroxyl groups is 1. The molecule has 9 nitrogen and oxygen atoms in total. The lowest BCUT2D eigenvalue weighted by Crippen LogP contribution is -2.62. The number of likely N-dealkylation sites (tertiary alicyclic amines) is 1. The van der Waals surface area contributed by atoms with Crippen LogP contribution in [0.3, 0.4) is 0 Å². The number of carbonyl (C=O) groups is 3. The van der Waals surface area contributed by atoms with E-state index in [0.29, 0.717) is 19.4 Å². The molecule has 10 heteroatoms. The molecule has 29 heavy (non-hydrogen) atoms. The maximum Gasteiger partial charge on any atom is 0.245 e. The van der Waals surface area contributed by atoms with Gasteiger partial charge in [0.05, 0.1) is 23.8 Å². The van der Waals surface area contributed by atoms with Gasteiger partial charge < -0.3 is 20.2 Å². The second kappa shape index (κ2) is 7.54. The van der Waals surface area contributed by atoms with Crippen LogP contribution in [0.15, 0.2) is 0 Å². The van der Waals surface area contributed by atoms with Crippen LogP contribution < -0.4 is 5.32 Å². The molecule has 2 N–H and O–H groups in total. The van der Waals surface area contributed by atoms with E-state index >= 15 is 0 Å². The second-order valence-corrected chi connectivity index (χ2v) is 11.9. The van der Waals surface area contributed by atoms with Gasteiger partial charge in [-0.1, -0.05) is 13.8 Å². The van der Waals surface area contributed by atoms with Crippen LogP contribution in [-0.2, 0) is 24.2 Å². The monoisotopic (exact) mass is 429 g/mol. The molecule has 3 heterocycles. The van der Waals surface area contributed by atoms with Crippen molar-refractivity contribution in [1.82, 2.24) is 15.1 Å². The maximum atomic E-state index is 13.2. The van der Waals surface area contributed by atoms with Crippen molar-refractivity contribution in [2.24, 2.45) is 5.92 Å². The normalized spacial score (nSPS) is 30.8. The van der Waals surface area contributed by atoms with Crippen molar-refractivity contribution >= 4 is 27.6 Å². The van der Waals surface area contributed by atoms with Crippen molar-refractivity contribution in [3.8, 4) is 0 Å². The number of aliphatic hydroxyl groups excluding tert-OH is 1. The van der Waals surface area contributed by atoms with Crippen molar-refractivity contribution in [2.45, 2.75) is 81.6 Å². The van der Waals surface area contributed by atoms with E-state index < -0.39 is 37.9 Å². The number of fused-ring (bicyclic) bond motifs is 1. The maximum absolute atomic E-state index is 13.2. The minimum Gasteiger partial charge on any atom is -0.394 e. The highest BCUT2D eigenvalue weighted by molar-refractivity contribution is 7.93. The number of rotatable bonds is 6. The van der Waals surface area contributed by atoms with Crippen LogP contribution in [0.25, 0.3) is 0 Å². The predicted molar refractivity (Wildman–Crippen MR) is 105 cm³/mol. The summed E-state index contributed by atoms with van der Waals surface area (Å²) < 4.78 is 24.1. The number of carbonyl (C=O) groups excluding carboxylic acids is 3. The summed E-state index contributed by atoms with van der Waals surface area (Å²) in [5, 5.41) is 11.3. The molecular formula is C19H31N3O6S. The minimum atomic E-state index is -3.68. The van der Waals surface area contributed by atoms with Gasteiger partial charge in [-0.05, 0) is 39.0 Å². The average molecular weight is 430 g/mol. The highest BCUT2D eigenvalue weighted by atomic mass is 32.2. The molecule has 3 fully saturated rings. The Morgan fingerprint density at radius 1 is 1.31 bits per heavy atom. The molecule has 4 atom stereocenters. The molecule has 0 aromatic heterocycles. The van der Waals surface area contributed by atoms with E-state index in [1.165, 1.54) is 13.8 Å². The molecule has 3 aliphatic heterocycles. The van der Waals surface area contributed by atoms with Crippen LogP contribution in [0.4, 0.5) is 0 Å². The zero-order chi connectivity index (χ0) is 21.7. The topological polar surface area (TPSA) is 124 Å². The first-order valence-corrected chi connectivity index (χ1v) is 11.7. The number of nitrogens with one attached hydrogen (secondary N) is 1. The Morgan fingerprint density at radius 2 is 1.97 bits per heavy atom. The Labute approximate surface area is 171 Å². The van der Waals surface area contributed by atoms with Crippen LogP contribution in [0, 0.1) is 5.92 Å². The first-order chi connectivity index (χ1) is 13.4. The van der Waals surface area contributed by atoms with Crippen molar-refractivity contribution in [1.29, 1.82) is 0 Å². The number of amides is 3. The molecule has 0 radical (unpaired) electrons. The summed E-state index contributed by atoms with van der Waals surface area (Å²) in [7, 11) is -3.68. The molecule has 0 saturated carbocycles. The molecule has 3 saturated heterocycles. The molecule has 0 aliphatic carbocycles. The van der Waals surface area contributed by atoms with Gasteiger partial charge in [-0.2, -0.15) is 0 Å². The molecule has 0 spiro atoms. The smallest absolute Gasteiger partial charge is 0.245 e. The Balaban J connectivity index is 1.83. The van der Waals surface area contributed by atoms with Crippen molar-refractivity contribution < 1.29 is 27.9 Å². The summed E-state index contributed by atoms with van der Waals surface area (Å²) in [6, 6.07) is -2.25. The van der Waals surface area contributed by atoms with E-state index in [-0.39, 0.29) is 36.8 Å². The van der Waals surface area contributed by atoms with Gasteiger partial charge >= 0.3 is 0 Å². The molecule has 3 rings (SSSR count). The third-order valence-electron chi connectivity index (χ3n) is 6.42. The second-order valence-electron chi connectivity index (χ2n) is 9.21. The van der Waals surface area contributed by atoms with Crippen LogP contribution >= 0.6 is 0 Å². The highest BCUT2D eigenvalue weighted by Gasteiger charge is 2.67. The van der Waals surface area contributed by atoms with Gasteiger partial charge in [-0.15, -0.1) is 0 Å². The van der Waals surface area contributed by atoms with E-state index in [4.69, 9.17) is 0 Å². The molecule has 0 bridgehead atoms. The zero-order valence-electron chi connectivity index (χ0n) is 17.4. The van der Waals surface area contributed by atoms with Gasteiger partial charge in [0.1, 0.15) is 17.5 Å². The fourth-order valence-corrected chi connectivity index (χ4v) is 6.85. The summed E-state index contributed by atoms with van der Waals surface area (Å²) in [6.07, 6.45) is 1.78. The summed E-state index contributed by atoms with van der Waals surface area (Å²) in [5.41, 5.74) is 0. The molecular weight excluding hydrogens is 398 g/mol. The molecule has 0 aromatic rings. The Hall–Kier alpha value is -1.68. The minimum absolute atomic E-state index is 0.101. The van der Waals surface area contributed by atoms with Gasteiger partial charge in [-0.25, -0.2) is 8.42 Å². The number of sulfone groups is 1. The summed E-state index contributed by atoms with van der Waals surface area (Å²) >= 11 is 0. The highest BCUT2D eigenvalue weighted by Crippen LogP contribution is 2.45. The standard InChI is InChI=1S/C19H31N3O6S/c1-11(2)8-13(18(26)21-7-5-6-12(21)10-23)20-17(25)16-19(3,4)29(27,28)15-9-14(24)22(15)16/h11-13,15-16,23H,5-10H2,1-4H3,(H,20,25). The van der Waals surface area contributed by atoms with Crippen LogP contribution in [0.5, 0.6) is 0 Å². The van der Waals surface area contributed by atoms with Crippen LogP contribution in [-0.4, -0.2) is 82.4 Å². The fourth-order valence-electron chi connectivity index (χ4n) is 4.71. The van der Waals surface area contributed by atoms with Gasteiger partial charge in [0.2, 0.25) is 17.7 Å². The lowest BCUT2D eigenvalue weighted by molar-refractivity contribution is -0.150. The van der Waals surface area contributed by atoms with Gasteiger partial charge in [0.25, 0.3) is 0 Å². The van der Waals surface area contributed by atoms with Gasteiger partial charge in [0.15, 0.2) is 9.84 Å². The van der Waals surface area contributed by atoms with Crippen molar-refractivity contribution in [2.75, 3.05) is 13.2 Å². The van der Waals surface area contributed by atoms with Crippen LogP contribution in [0.2, 0.25) is 0 Å². The first kappa shape index (κ1) is 22.0. The Kier molecular flexibility index (Phi) is 5.72. The third kappa shape index (κ3) is 3.43. The van der Waals surface area contributed by atoms with Gasteiger partial charge in [0, 0.05) is 6.54 Å². The number of β-lactam (4-membered cyclic amide) rings is 1. The van der Waals surface area contributed by atoms with E-state index in [1.807, 2.05) is 13.8 Å². The lowest BCUT2D eigenvalue weighted by atomic mass is 9.96. The SMILES string of the molecule is CC(C)CC(NC(=O)C1N2C(=O)CC2S(=O)(=O)C1(C)C)C(=O)N1CCCC1CO. The summed E-state index contributed by atoms with van der Waals surface area (Å²) in [6.45, 7) is 7.16. The Morgan fingerprint density at radius 3 is 2.52 bits per heavy atom. The first-order valence-electron chi connectivity index (χ1n) is 10.2. The number of nitrogens with zero attached hydrogens (tertiary/aromatic N) is 2. The van der Waals surface area contributed by atoms with E-state index in [9.17, 15) is 27.9 Å².